The first-order valence-corrected chi connectivity index (χ1v) is 14.9. The minimum atomic E-state index is -0.0274. The SMILES string of the molecule is CC(C)(C)c1cccc(-c2cccc(-c3ccccc3)c2-c2cccc(C(C)(C)C)c2C(C)(C)C)c1C(C)(C)C. The van der Waals surface area contributed by atoms with E-state index in [1.807, 2.05) is 0 Å². The van der Waals surface area contributed by atoms with Gasteiger partial charge in [0, 0.05) is 0 Å². The van der Waals surface area contributed by atoms with Crippen molar-refractivity contribution in [2.45, 2.75) is 105 Å². The van der Waals surface area contributed by atoms with Crippen LogP contribution in [0.4, 0.5) is 0 Å². The van der Waals surface area contributed by atoms with E-state index in [0.29, 0.717) is 0 Å². The summed E-state index contributed by atoms with van der Waals surface area (Å²) in [6, 6.07) is 31.8. The van der Waals surface area contributed by atoms with E-state index in [1.165, 1.54) is 55.6 Å². The summed E-state index contributed by atoms with van der Waals surface area (Å²) in [5.74, 6) is 0. The van der Waals surface area contributed by atoms with Gasteiger partial charge in [0.2, 0.25) is 0 Å². The zero-order valence-corrected chi connectivity index (χ0v) is 27.1. The van der Waals surface area contributed by atoms with Crippen LogP contribution in [0.2, 0.25) is 0 Å². The summed E-state index contributed by atoms with van der Waals surface area (Å²) in [6.07, 6.45) is 0. The van der Waals surface area contributed by atoms with Crippen molar-refractivity contribution in [3.05, 3.63) is 107 Å². The molecule has 0 nitrogen and oxygen atoms in total. The Labute approximate surface area is 244 Å². The second kappa shape index (κ2) is 10.4. The Morgan fingerprint density at radius 2 is 0.725 bits per heavy atom. The average molecular weight is 531 g/mol. The number of rotatable bonds is 3. The van der Waals surface area contributed by atoms with Crippen molar-refractivity contribution in [1.82, 2.24) is 0 Å². The highest BCUT2D eigenvalue weighted by molar-refractivity contribution is 5.97. The largest absolute Gasteiger partial charge is 0.0622 e. The van der Waals surface area contributed by atoms with Gasteiger partial charge in [0.05, 0.1) is 0 Å². The van der Waals surface area contributed by atoms with Crippen LogP contribution in [-0.4, -0.2) is 0 Å². The molecule has 40 heavy (non-hydrogen) atoms. The van der Waals surface area contributed by atoms with Gasteiger partial charge in [-0.3, -0.25) is 0 Å². The fourth-order valence-corrected chi connectivity index (χ4v) is 6.33. The minimum absolute atomic E-state index is 0.0145. The van der Waals surface area contributed by atoms with E-state index < -0.39 is 0 Å². The molecule has 0 fully saturated rings. The van der Waals surface area contributed by atoms with Crippen molar-refractivity contribution in [3.63, 3.8) is 0 Å². The highest BCUT2D eigenvalue weighted by Crippen LogP contribution is 2.49. The fourth-order valence-electron chi connectivity index (χ4n) is 6.33. The van der Waals surface area contributed by atoms with Crippen LogP contribution in [-0.2, 0) is 21.7 Å². The maximum atomic E-state index is 2.37. The van der Waals surface area contributed by atoms with Gasteiger partial charge < -0.3 is 0 Å². The van der Waals surface area contributed by atoms with E-state index in [9.17, 15) is 0 Å². The third-order valence-corrected chi connectivity index (χ3v) is 7.95. The molecule has 0 heteroatoms. The Hall–Kier alpha value is -3.12. The summed E-state index contributed by atoms with van der Waals surface area (Å²) in [4.78, 5) is 0. The smallest absolute Gasteiger partial charge is 0.00236 e. The molecule has 0 radical (unpaired) electrons. The Morgan fingerprint density at radius 3 is 1.20 bits per heavy atom. The van der Waals surface area contributed by atoms with Gasteiger partial charge in [0.15, 0.2) is 0 Å². The van der Waals surface area contributed by atoms with Crippen molar-refractivity contribution in [1.29, 1.82) is 0 Å². The minimum Gasteiger partial charge on any atom is -0.0622 e. The molecule has 0 bridgehead atoms. The van der Waals surface area contributed by atoms with Gasteiger partial charge in [-0.15, -0.1) is 0 Å². The molecule has 0 aromatic heterocycles. The molecule has 0 heterocycles. The van der Waals surface area contributed by atoms with Gasteiger partial charge in [0.25, 0.3) is 0 Å². The van der Waals surface area contributed by atoms with Crippen LogP contribution in [0.25, 0.3) is 33.4 Å². The van der Waals surface area contributed by atoms with E-state index in [4.69, 9.17) is 0 Å². The van der Waals surface area contributed by atoms with Crippen molar-refractivity contribution in [3.8, 4) is 33.4 Å². The topological polar surface area (TPSA) is 0 Å². The molecule has 0 aliphatic carbocycles. The second-order valence-corrected chi connectivity index (χ2v) is 15.6. The zero-order chi connectivity index (χ0) is 29.7. The molecule has 4 aromatic carbocycles. The van der Waals surface area contributed by atoms with Crippen LogP contribution >= 0.6 is 0 Å². The second-order valence-electron chi connectivity index (χ2n) is 15.6. The molecule has 4 rings (SSSR count). The Morgan fingerprint density at radius 1 is 0.325 bits per heavy atom. The predicted molar refractivity (Wildman–Crippen MR) is 178 cm³/mol. The molecular formula is C40H50. The van der Waals surface area contributed by atoms with Crippen LogP contribution in [0.1, 0.15) is 105 Å². The monoisotopic (exact) mass is 530 g/mol. The van der Waals surface area contributed by atoms with E-state index in [0.717, 1.165) is 0 Å². The highest BCUT2D eigenvalue weighted by atomic mass is 14.4. The lowest BCUT2D eigenvalue weighted by atomic mass is 9.69. The van der Waals surface area contributed by atoms with Gasteiger partial charge in [-0.05, 0) is 77.3 Å². The highest BCUT2D eigenvalue weighted by Gasteiger charge is 2.32. The first-order valence-electron chi connectivity index (χ1n) is 14.9. The van der Waals surface area contributed by atoms with Gasteiger partial charge >= 0.3 is 0 Å². The maximum absolute atomic E-state index is 2.37. The Balaban J connectivity index is 2.25. The summed E-state index contributed by atoms with van der Waals surface area (Å²) in [5, 5.41) is 0. The Kier molecular flexibility index (Phi) is 7.74. The van der Waals surface area contributed by atoms with Crippen LogP contribution in [0.5, 0.6) is 0 Å². The first kappa shape index (κ1) is 29.9. The molecule has 0 N–H and O–H groups in total. The molecule has 0 atom stereocenters. The molecule has 0 saturated heterocycles. The zero-order valence-electron chi connectivity index (χ0n) is 27.1. The van der Waals surface area contributed by atoms with Gasteiger partial charge in [-0.1, -0.05) is 168 Å². The normalized spacial score (nSPS) is 13.0. The third kappa shape index (κ3) is 5.83. The van der Waals surface area contributed by atoms with E-state index in [-0.39, 0.29) is 21.7 Å². The van der Waals surface area contributed by atoms with Crippen molar-refractivity contribution in [2.75, 3.05) is 0 Å². The van der Waals surface area contributed by atoms with E-state index in [2.05, 4.69) is 168 Å². The summed E-state index contributed by atoms with van der Waals surface area (Å²) in [6.45, 7) is 28.2. The summed E-state index contributed by atoms with van der Waals surface area (Å²) < 4.78 is 0. The van der Waals surface area contributed by atoms with Gasteiger partial charge in [-0.25, -0.2) is 0 Å². The predicted octanol–water partition coefficient (Wildman–Crippen LogP) is 11.9. The summed E-state index contributed by atoms with van der Waals surface area (Å²) >= 11 is 0. The number of hydrogen-bond acceptors (Lipinski definition) is 0. The van der Waals surface area contributed by atoms with Gasteiger partial charge in [0.1, 0.15) is 0 Å². The number of hydrogen-bond donors (Lipinski definition) is 0. The Bertz CT molecular complexity index is 1490. The van der Waals surface area contributed by atoms with Crippen LogP contribution in [0.15, 0.2) is 84.9 Å². The molecule has 0 saturated carbocycles. The van der Waals surface area contributed by atoms with Crippen molar-refractivity contribution < 1.29 is 0 Å². The standard InChI is InChI=1S/C40H50/c1-37(2,3)32-25-17-23-30(35(32)39(7,8)9)29-22-16-21-28(27-19-14-13-15-20-27)34(29)31-24-18-26-33(38(4,5)6)36(31)40(10,11)12/h13-26H,1-12H3. The van der Waals surface area contributed by atoms with Crippen LogP contribution in [0, 0.1) is 0 Å². The number of benzene rings is 4. The molecular weight excluding hydrogens is 480 g/mol. The summed E-state index contributed by atoms with van der Waals surface area (Å²) in [5.41, 5.74) is 13.6. The average Bonchev–Trinajstić information content (AvgIpc) is 2.86. The summed E-state index contributed by atoms with van der Waals surface area (Å²) in [7, 11) is 0. The quantitative estimate of drug-likeness (QED) is 0.247. The molecule has 4 aromatic rings. The van der Waals surface area contributed by atoms with Gasteiger partial charge in [-0.2, -0.15) is 0 Å². The molecule has 0 unspecified atom stereocenters. The fraction of sp³-hybridized carbons (Fsp3) is 0.400. The lowest BCUT2D eigenvalue weighted by Gasteiger charge is -2.35. The maximum Gasteiger partial charge on any atom is -0.00236 e. The van der Waals surface area contributed by atoms with Crippen LogP contribution < -0.4 is 0 Å². The van der Waals surface area contributed by atoms with E-state index in [1.54, 1.807) is 0 Å². The molecule has 0 spiro atoms. The van der Waals surface area contributed by atoms with Crippen molar-refractivity contribution >= 4 is 0 Å². The molecule has 210 valence electrons. The van der Waals surface area contributed by atoms with E-state index >= 15 is 0 Å². The lowest BCUT2D eigenvalue weighted by Crippen LogP contribution is -2.24. The lowest BCUT2D eigenvalue weighted by molar-refractivity contribution is 0.531. The molecule has 0 aliphatic heterocycles. The molecule has 0 aliphatic rings. The third-order valence-electron chi connectivity index (χ3n) is 7.95. The first-order chi connectivity index (χ1) is 18.4. The van der Waals surface area contributed by atoms with Crippen LogP contribution in [0.3, 0.4) is 0 Å². The van der Waals surface area contributed by atoms with Crippen molar-refractivity contribution in [2.24, 2.45) is 0 Å². The molecule has 0 amide bonds.